The van der Waals surface area contributed by atoms with Gasteiger partial charge in [0.2, 0.25) is 5.91 Å². The van der Waals surface area contributed by atoms with E-state index in [2.05, 4.69) is 17.4 Å². The van der Waals surface area contributed by atoms with E-state index in [1.54, 1.807) is 0 Å². The van der Waals surface area contributed by atoms with Gasteiger partial charge >= 0.3 is 0 Å². The van der Waals surface area contributed by atoms with Crippen molar-refractivity contribution in [1.82, 2.24) is 10.2 Å². The summed E-state index contributed by atoms with van der Waals surface area (Å²) >= 11 is 0. The lowest BCUT2D eigenvalue weighted by atomic mass is 10.0. The molecule has 3 nitrogen and oxygen atoms in total. The van der Waals surface area contributed by atoms with Gasteiger partial charge in [0.1, 0.15) is 0 Å². The normalized spacial score (nSPS) is 18.8. The van der Waals surface area contributed by atoms with Gasteiger partial charge in [-0.05, 0) is 37.9 Å². The molecule has 3 heteroatoms. The van der Waals surface area contributed by atoms with Crippen LogP contribution in [0, 0.1) is 5.92 Å². The van der Waals surface area contributed by atoms with E-state index in [4.69, 9.17) is 0 Å². The van der Waals surface area contributed by atoms with Crippen LogP contribution in [0.2, 0.25) is 0 Å². The van der Waals surface area contributed by atoms with Crippen molar-refractivity contribution in [3.63, 3.8) is 0 Å². The maximum Gasteiger partial charge on any atom is 0.223 e. The van der Waals surface area contributed by atoms with Crippen LogP contribution in [-0.2, 0) is 11.3 Å². The molecule has 1 N–H and O–H groups in total. The van der Waals surface area contributed by atoms with Crippen molar-refractivity contribution in [3.05, 3.63) is 35.9 Å². The highest BCUT2D eigenvalue weighted by atomic mass is 16.2. The van der Waals surface area contributed by atoms with Gasteiger partial charge in [0.05, 0.1) is 0 Å². The van der Waals surface area contributed by atoms with Crippen molar-refractivity contribution in [1.29, 1.82) is 0 Å². The first-order valence-corrected chi connectivity index (χ1v) is 6.82. The summed E-state index contributed by atoms with van der Waals surface area (Å²) in [7, 11) is 0. The number of amides is 1. The highest BCUT2D eigenvalue weighted by molar-refractivity contribution is 5.76. The molecule has 0 radical (unpaired) electrons. The van der Waals surface area contributed by atoms with E-state index in [1.807, 2.05) is 30.0 Å². The second-order valence-electron chi connectivity index (χ2n) is 4.96. The van der Waals surface area contributed by atoms with E-state index in [0.717, 1.165) is 32.6 Å². The Morgan fingerprint density at radius 2 is 2.17 bits per heavy atom. The third-order valence-electron chi connectivity index (χ3n) is 3.58. The Kier molecular flexibility index (Phi) is 4.76. The zero-order valence-corrected chi connectivity index (χ0v) is 11.1. The van der Waals surface area contributed by atoms with Crippen molar-refractivity contribution in [3.8, 4) is 0 Å². The molecule has 1 aromatic rings. The molecule has 1 aromatic carbocycles. The molecule has 0 bridgehead atoms. The van der Waals surface area contributed by atoms with E-state index in [9.17, 15) is 4.79 Å². The zero-order valence-electron chi connectivity index (χ0n) is 11.1. The molecule has 1 atom stereocenters. The predicted octanol–water partition coefficient (Wildman–Crippen LogP) is 2.03. The molecule has 1 amide bonds. The summed E-state index contributed by atoms with van der Waals surface area (Å²) < 4.78 is 0. The lowest BCUT2D eigenvalue weighted by Gasteiger charge is -2.22. The minimum absolute atomic E-state index is 0.287. The molecule has 1 heterocycles. The summed E-state index contributed by atoms with van der Waals surface area (Å²) in [5.41, 5.74) is 1.21. The monoisotopic (exact) mass is 246 g/mol. The first-order chi connectivity index (χ1) is 8.79. The molecule has 1 fully saturated rings. The number of nitrogens with zero attached hydrogens (tertiary/aromatic N) is 1. The number of rotatable bonds is 5. The van der Waals surface area contributed by atoms with Gasteiger partial charge in [-0.15, -0.1) is 0 Å². The van der Waals surface area contributed by atoms with Gasteiger partial charge in [-0.1, -0.05) is 30.3 Å². The highest BCUT2D eigenvalue weighted by Crippen LogP contribution is 2.15. The van der Waals surface area contributed by atoms with Crippen molar-refractivity contribution < 1.29 is 4.79 Å². The summed E-state index contributed by atoms with van der Waals surface area (Å²) in [5.74, 6) is 0.817. The Bertz CT molecular complexity index is 371. The van der Waals surface area contributed by atoms with Crippen LogP contribution in [0.1, 0.15) is 25.3 Å². The summed E-state index contributed by atoms with van der Waals surface area (Å²) in [6.07, 6.45) is 1.82. The zero-order chi connectivity index (χ0) is 12.8. The molecule has 98 valence electrons. The SMILES string of the molecule is CCN(Cc1ccccc1)C(=O)CC1CCNC1. The maximum atomic E-state index is 12.2. The molecule has 1 aliphatic heterocycles. The van der Waals surface area contributed by atoms with E-state index in [0.29, 0.717) is 12.3 Å². The number of hydrogen-bond donors (Lipinski definition) is 1. The van der Waals surface area contributed by atoms with Gasteiger partial charge in [-0.25, -0.2) is 0 Å². The topological polar surface area (TPSA) is 32.3 Å². The molecule has 0 aliphatic carbocycles. The summed E-state index contributed by atoms with van der Waals surface area (Å²) in [6.45, 7) is 5.62. The molecule has 0 saturated carbocycles. The van der Waals surface area contributed by atoms with Crippen LogP contribution < -0.4 is 5.32 Å². The summed E-state index contributed by atoms with van der Waals surface area (Å²) in [6, 6.07) is 10.2. The third kappa shape index (κ3) is 3.57. The highest BCUT2D eigenvalue weighted by Gasteiger charge is 2.21. The number of benzene rings is 1. The van der Waals surface area contributed by atoms with Crippen molar-refractivity contribution in [2.24, 2.45) is 5.92 Å². The van der Waals surface area contributed by atoms with Gasteiger partial charge in [-0.3, -0.25) is 4.79 Å². The van der Waals surface area contributed by atoms with Crippen LogP contribution in [-0.4, -0.2) is 30.4 Å². The smallest absolute Gasteiger partial charge is 0.223 e. The first-order valence-electron chi connectivity index (χ1n) is 6.82. The molecule has 0 aromatic heterocycles. The second-order valence-corrected chi connectivity index (χ2v) is 4.96. The standard InChI is InChI=1S/C15H22N2O/c1-2-17(12-13-6-4-3-5-7-13)15(18)10-14-8-9-16-11-14/h3-7,14,16H,2,8-12H2,1H3. The van der Waals surface area contributed by atoms with E-state index < -0.39 is 0 Å². The Morgan fingerprint density at radius 3 is 2.78 bits per heavy atom. The number of carbonyl (C=O) groups excluding carboxylic acids is 1. The summed E-state index contributed by atoms with van der Waals surface area (Å²) in [5, 5.41) is 3.31. The van der Waals surface area contributed by atoms with E-state index in [1.165, 1.54) is 5.56 Å². The molecule has 2 rings (SSSR count). The van der Waals surface area contributed by atoms with Crippen molar-refractivity contribution in [2.45, 2.75) is 26.3 Å². The minimum atomic E-state index is 0.287. The fraction of sp³-hybridized carbons (Fsp3) is 0.533. The lowest BCUT2D eigenvalue weighted by molar-refractivity contribution is -0.132. The van der Waals surface area contributed by atoms with Gasteiger partial charge in [0, 0.05) is 19.5 Å². The molecule has 1 unspecified atom stereocenters. The largest absolute Gasteiger partial charge is 0.339 e. The molecule has 1 aliphatic rings. The van der Waals surface area contributed by atoms with Crippen molar-refractivity contribution >= 4 is 5.91 Å². The van der Waals surface area contributed by atoms with Crippen LogP contribution >= 0.6 is 0 Å². The maximum absolute atomic E-state index is 12.2. The molecule has 18 heavy (non-hydrogen) atoms. The Labute approximate surface area is 109 Å². The quantitative estimate of drug-likeness (QED) is 0.862. The fourth-order valence-corrected chi connectivity index (χ4v) is 2.44. The van der Waals surface area contributed by atoms with Gasteiger partial charge in [0.15, 0.2) is 0 Å². The van der Waals surface area contributed by atoms with Crippen LogP contribution in [0.4, 0.5) is 0 Å². The Hall–Kier alpha value is -1.35. The van der Waals surface area contributed by atoms with Crippen LogP contribution in [0.5, 0.6) is 0 Å². The molecule has 1 saturated heterocycles. The predicted molar refractivity (Wildman–Crippen MR) is 73.1 cm³/mol. The Balaban J connectivity index is 1.89. The third-order valence-corrected chi connectivity index (χ3v) is 3.58. The molecular formula is C15H22N2O. The number of hydrogen-bond acceptors (Lipinski definition) is 2. The Morgan fingerprint density at radius 1 is 1.39 bits per heavy atom. The number of carbonyl (C=O) groups is 1. The number of nitrogens with one attached hydrogen (secondary N) is 1. The first kappa shape index (κ1) is 13.1. The minimum Gasteiger partial charge on any atom is -0.339 e. The van der Waals surface area contributed by atoms with Crippen LogP contribution in [0.15, 0.2) is 30.3 Å². The average Bonchev–Trinajstić information content (AvgIpc) is 2.90. The fourth-order valence-electron chi connectivity index (χ4n) is 2.44. The lowest BCUT2D eigenvalue weighted by Crippen LogP contribution is -2.32. The average molecular weight is 246 g/mol. The van der Waals surface area contributed by atoms with E-state index in [-0.39, 0.29) is 5.91 Å². The molecule has 0 spiro atoms. The van der Waals surface area contributed by atoms with E-state index >= 15 is 0 Å². The van der Waals surface area contributed by atoms with Gasteiger partial charge in [0.25, 0.3) is 0 Å². The summed E-state index contributed by atoms with van der Waals surface area (Å²) in [4.78, 5) is 14.2. The van der Waals surface area contributed by atoms with Crippen LogP contribution in [0.25, 0.3) is 0 Å². The van der Waals surface area contributed by atoms with Gasteiger partial charge in [-0.2, -0.15) is 0 Å². The molecular weight excluding hydrogens is 224 g/mol. The van der Waals surface area contributed by atoms with Gasteiger partial charge < -0.3 is 10.2 Å². The van der Waals surface area contributed by atoms with Crippen molar-refractivity contribution in [2.75, 3.05) is 19.6 Å². The van der Waals surface area contributed by atoms with Crippen LogP contribution in [0.3, 0.4) is 0 Å². The second kappa shape index (κ2) is 6.55.